The van der Waals surface area contributed by atoms with Crippen molar-refractivity contribution < 1.29 is 39.5 Å². The molecule has 12 atom stereocenters. The maximum Gasteiger partial charge on any atom is 0.290 e. The van der Waals surface area contributed by atoms with Crippen molar-refractivity contribution >= 4 is 35.7 Å². The molecule has 6 rings (SSSR count). The summed E-state index contributed by atoms with van der Waals surface area (Å²) < 4.78 is 14.3. The van der Waals surface area contributed by atoms with Crippen LogP contribution >= 0.6 is 23.4 Å². The summed E-state index contributed by atoms with van der Waals surface area (Å²) in [5, 5.41) is 55.6. The fourth-order valence-corrected chi connectivity index (χ4v) is 8.93. The van der Waals surface area contributed by atoms with Gasteiger partial charge in [-0.15, -0.1) is 16.9 Å². The molecule has 1 aromatic carbocycles. The topological polar surface area (TPSA) is 188 Å². The van der Waals surface area contributed by atoms with Crippen LogP contribution < -0.4 is 10.6 Å². The molecule has 0 spiro atoms. The van der Waals surface area contributed by atoms with Gasteiger partial charge in [0.15, 0.2) is 0 Å². The molecule has 4 aliphatic heterocycles. The van der Waals surface area contributed by atoms with Crippen LogP contribution in [0.4, 0.5) is 0 Å². The molecular formula is C34H48ClN5O8S. The van der Waals surface area contributed by atoms with Crippen molar-refractivity contribution in [2.45, 2.75) is 99.7 Å². The van der Waals surface area contributed by atoms with E-state index in [4.69, 9.17) is 31.0 Å². The molecule has 1 amide bonds. The SMILES string of the molecule is CC(C)C[C@@H]1CCO[C@@H]2[C@H](CN[C@@H]2C(=O)N[C@H]2[C@H]3O[C@H](S[C@H](c4cn(-c5cccc(Cl)c5)nn4)C/C=C\[C@H]2C)[C@H](O)[C@@H](O)[C@H]3O)C1.O=CO. The quantitative estimate of drug-likeness (QED) is 0.189. The Balaban J connectivity index is 0.00000151. The molecule has 2 aromatic rings. The van der Waals surface area contributed by atoms with E-state index in [1.807, 2.05) is 37.4 Å². The number of fused-ring (bicyclic) bond motifs is 3. The minimum atomic E-state index is -1.47. The molecule has 15 heteroatoms. The number of carbonyl (C=O) groups excluding carboxylic acids is 1. The summed E-state index contributed by atoms with van der Waals surface area (Å²) in [6.07, 6.45) is 4.14. The van der Waals surface area contributed by atoms with E-state index < -0.39 is 41.9 Å². The van der Waals surface area contributed by atoms with E-state index >= 15 is 0 Å². The number of hydrogen-bond donors (Lipinski definition) is 6. The third-order valence-electron chi connectivity index (χ3n) is 9.79. The highest BCUT2D eigenvalue weighted by Crippen LogP contribution is 2.42. The van der Waals surface area contributed by atoms with Crippen molar-refractivity contribution in [3.05, 3.63) is 53.3 Å². The van der Waals surface area contributed by atoms with E-state index in [0.29, 0.717) is 42.1 Å². The molecule has 3 saturated heterocycles. The Bertz CT molecular complexity index is 1430. The minimum absolute atomic E-state index is 0.215. The lowest BCUT2D eigenvalue weighted by Gasteiger charge is -2.45. The molecule has 5 heterocycles. The van der Waals surface area contributed by atoms with Gasteiger partial charge in [-0.2, -0.15) is 0 Å². The van der Waals surface area contributed by atoms with Crippen molar-refractivity contribution in [2.75, 3.05) is 13.2 Å². The lowest BCUT2D eigenvalue weighted by Crippen LogP contribution is -2.65. The van der Waals surface area contributed by atoms with Crippen molar-refractivity contribution in [2.24, 2.45) is 23.7 Å². The van der Waals surface area contributed by atoms with Gasteiger partial charge in [0.05, 0.1) is 35.0 Å². The molecule has 6 N–H and O–H groups in total. The number of hydrogen-bond acceptors (Lipinski definition) is 11. The highest BCUT2D eigenvalue weighted by molar-refractivity contribution is 8.00. The third-order valence-corrected chi connectivity index (χ3v) is 11.4. The Morgan fingerprint density at radius 2 is 2.00 bits per heavy atom. The summed E-state index contributed by atoms with van der Waals surface area (Å²) >= 11 is 7.48. The third kappa shape index (κ3) is 9.03. The number of thioether (sulfide) groups is 1. The number of benzene rings is 1. The number of ether oxygens (including phenoxy) is 2. The molecule has 3 fully saturated rings. The fourth-order valence-electron chi connectivity index (χ4n) is 7.44. The number of aromatic nitrogens is 3. The second-order valence-electron chi connectivity index (χ2n) is 13.8. The monoisotopic (exact) mass is 721 g/mol. The highest BCUT2D eigenvalue weighted by Gasteiger charge is 2.50. The van der Waals surface area contributed by atoms with Gasteiger partial charge in [-0.1, -0.05) is 55.8 Å². The summed E-state index contributed by atoms with van der Waals surface area (Å²) in [7, 11) is 0. The van der Waals surface area contributed by atoms with Crippen LogP contribution in [0.15, 0.2) is 42.6 Å². The number of rotatable bonds is 6. The normalized spacial score (nSPS) is 36.8. The molecule has 0 saturated carbocycles. The van der Waals surface area contributed by atoms with E-state index in [0.717, 1.165) is 24.9 Å². The number of nitrogens with zero attached hydrogens (tertiary/aromatic N) is 3. The summed E-state index contributed by atoms with van der Waals surface area (Å²) in [5.74, 6) is 0.980. The van der Waals surface area contributed by atoms with E-state index in [1.54, 1.807) is 16.8 Å². The zero-order chi connectivity index (χ0) is 35.2. The molecule has 2 bridgehead atoms. The van der Waals surface area contributed by atoms with E-state index in [1.165, 1.54) is 11.8 Å². The average Bonchev–Trinajstić information content (AvgIpc) is 3.66. The predicted octanol–water partition coefficient (Wildman–Crippen LogP) is 2.71. The zero-order valence-electron chi connectivity index (χ0n) is 27.9. The number of nitrogens with one attached hydrogen (secondary N) is 2. The first-order valence-electron chi connectivity index (χ1n) is 16.9. The van der Waals surface area contributed by atoms with E-state index in [-0.39, 0.29) is 35.6 Å². The smallest absolute Gasteiger partial charge is 0.290 e. The van der Waals surface area contributed by atoms with Gasteiger partial charge in [0.25, 0.3) is 6.47 Å². The molecule has 13 nitrogen and oxygen atoms in total. The molecule has 0 unspecified atom stereocenters. The van der Waals surface area contributed by atoms with Crippen molar-refractivity contribution in [3.8, 4) is 5.69 Å². The standard InChI is InChI=1S/C33H46ClN5O6S.CH2O2/c1-17(2)12-19-10-11-44-30-20(13-19)15-35-26(30)32(43)36-25-18(3)6-4-9-24(46-33-29(42)27(40)28(41)31(25)45-33)23-16-39(38-37-23)22-8-5-7-21(34)14-22;2-1-3/h4-8,14,16-20,24-31,33,35,40-42H,9-13,15H2,1-3H3,(H,36,43);1H,(H,2,3)/b6-4-;/t18-,19+,20+,24+,25-,26+,27+,28-,29-,30-,31-,33-;/m1./s1. The molecule has 270 valence electrons. The van der Waals surface area contributed by atoms with E-state index in [2.05, 4.69) is 34.8 Å². The first-order chi connectivity index (χ1) is 23.5. The molecular weight excluding hydrogens is 674 g/mol. The van der Waals surface area contributed by atoms with Gasteiger partial charge in [-0.25, -0.2) is 4.68 Å². The first kappa shape index (κ1) is 37.7. The Labute approximate surface area is 295 Å². The van der Waals surface area contributed by atoms with Gasteiger partial charge < -0.3 is 40.5 Å². The Morgan fingerprint density at radius 3 is 2.73 bits per heavy atom. The predicted molar refractivity (Wildman–Crippen MR) is 184 cm³/mol. The maximum absolute atomic E-state index is 13.9. The molecule has 0 aliphatic carbocycles. The number of carboxylic acid groups (broad SMARTS) is 1. The van der Waals surface area contributed by atoms with Crippen LogP contribution in [0.3, 0.4) is 0 Å². The van der Waals surface area contributed by atoms with Gasteiger partial charge in [-0.05, 0) is 67.6 Å². The van der Waals surface area contributed by atoms with Gasteiger partial charge in [0.1, 0.15) is 35.9 Å². The van der Waals surface area contributed by atoms with Crippen molar-refractivity contribution in [3.63, 3.8) is 0 Å². The van der Waals surface area contributed by atoms with Crippen LogP contribution in [0.5, 0.6) is 0 Å². The minimum Gasteiger partial charge on any atom is -0.483 e. The van der Waals surface area contributed by atoms with Crippen LogP contribution in [0.25, 0.3) is 5.69 Å². The number of halogens is 1. The second-order valence-corrected chi connectivity index (χ2v) is 15.5. The Morgan fingerprint density at radius 1 is 1.22 bits per heavy atom. The van der Waals surface area contributed by atoms with Gasteiger partial charge in [0.2, 0.25) is 5.91 Å². The lowest BCUT2D eigenvalue weighted by molar-refractivity contribution is -0.207. The number of carbonyl (C=O) groups is 2. The summed E-state index contributed by atoms with van der Waals surface area (Å²) in [6, 6.07) is 6.11. The molecule has 4 aliphatic rings. The summed E-state index contributed by atoms with van der Waals surface area (Å²) in [4.78, 5) is 22.2. The Hall–Kier alpha value is -2.56. The van der Waals surface area contributed by atoms with Crippen molar-refractivity contribution in [1.82, 2.24) is 25.6 Å². The van der Waals surface area contributed by atoms with Gasteiger partial charge in [-0.3, -0.25) is 9.59 Å². The maximum atomic E-state index is 13.9. The summed E-state index contributed by atoms with van der Waals surface area (Å²) in [6.45, 7) is 7.54. The van der Waals surface area contributed by atoms with Gasteiger partial charge in [0, 0.05) is 18.2 Å². The van der Waals surface area contributed by atoms with Crippen molar-refractivity contribution in [1.29, 1.82) is 0 Å². The highest BCUT2D eigenvalue weighted by atomic mass is 35.5. The average molecular weight is 722 g/mol. The lowest BCUT2D eigenvalue weighted by atomic mass is 9.85. The van der Waals surface area contributed by atoms with Crippen LogP contribution in [0.1, 0.15) is 57.4 Å². The number of aliphatic hydroxyl groups is 3. The van der Waals surface area contributed by atoms with Gasteiger partial charge >= 0.3 is 0 Å². The number of aliphatic hydroxyl groups excluding tert-OH is 3. The first-order valence-corrected chi connectivity index (χ1v) is 18.3. The van der Waals surface area contributed by atoms with Crippen LogP contribution in [-0.2, 0) is 19.1 Å². The van der Waals surface area contributed by atoms with E-state index in [9.17, 15) is 20.1 Å². The molecule has 1 aromatic heterocycles. The largest absolute Gasteiger partial charge is 0.483 e. The Kier molecular flexibility index (Phi) is 13.2. The summed E-state index contributed by atoms with van der Waals surface area (Å²) in [5.41, 5.74) is 0.542. The van der Waals surface area contributed by atoms with Crippen LogP contribution in [0.2, 0.25) is 5.02 Å². The van der Waals surface area contributed by atoms with Crippen LogP contribution in [-0.4, -0.2) is 109 Å². The molecule has 0 radical (unpaired) electrons. The fraction of sp³-hybridized carbons (Fsp3) is 0.647. The molecule has 49 heavy (non-hydrogen) atoms. The second kappa shape index (κ2) is 17.1. The zero-order valence-corrected chi connectivity index (χ0v) is 29.5. The number of allylic oxidation sites excluding steroid dienone is 1. The van der Waals surface area contributed by atoms with Crippen LogP contribution in [0, 0.1) is 23.7 Å². The number of amides is 1.